The molecule has 10 nitrogen and oxygen atoms in total. The highest BCUT2D eigenvalue weighted by Gasteiger charge is 2.35. The summed E-state index contributed by atoms with van der Waals surface area (Å²) in [7, 11) is 3.94. The standard InChI is InChI=1S/C31H24BrN7O3/c1-38(2)20-12-10-17(11-13-20)24-15-23(18-6-5-7-19(32)14-18)26-27(36-31(33)37-28(26)35-24)25(40)16-34-39-29(41)21-8-3-4-9-22(21)30(39)42/h3-15,34H,16H2,1-2H3,(H2,33,35,36,37). The van der Waals surface area contributed by atoms with Gasteiger partial charge in [0.1, 0.15) is 5.69 Å². The molecule has 0 aliphatic carbocycles. The summed E-state index contributed by atoms with van der Waals surface area (Å²) < 4.78 is 0.846. The quantitative estimate of drug-likeness (QED) is 0.195. The highest BCUT2D eigenvalue weighted by molar-refractivity contribution is 9.10. The van der Waals surface area contributed by atoms with Crippen LogP contribution in [-0.2, 0) is 0 Å². The Morgan fingerprint density at radius 1 is 0.857 bits per heavy atom. The lowest BCUT2D eigenvalue weighted by Crippen LogP contribution is -2.45. The van der Waals surface area contributed by atoms with Gasteiger partial charge in [0.15, 0.2) is 11.4 Å². The molecule has 2 aromatic heterocycles. The second kappa shape index (κ2) is 10.8. The van der Waals surface area contributed by atoms with Crippen molar-refractivity contribution >= 4 is 56.2 Å². The molecular formula is C31H24BrN7O3. The number of fused-ring (bicyclic) bond motifs is 2. The molecule has 3 aromatic carbocycles. The van der Waals surface area contributed by atoms with Crippen LogP contribution in [0.5, 0.6) is 0 Å². The fraction of sp³-hybridized carbons (Fsp3) is 0.0968. The largest absolute Gasteiger partial charge is 0.378 e. The fourth-order valence-corrected chi connectivity index (χ4v) is 5.28. The molecule has 0 atom stereocenters. The van der Waals surface area contributed by atoms with Crippen LogP contribution in [0.15, 0.2) is 83.3 Å². The van der Waals surface area contributed by atoms with Gasteiger partial charge in [0.05, 0.1) is 28.8 Å². The molecule has 1 aliphatic rings. The Balaban J connectivity index is 1.43. The number of amides is 2. The lowest BCUT2D eigenvalue weighted by atomic mass is 9.97. The maximum atomic E-state index is 13.7. The van der Waals surface area contributed by atoms with Gasteiger partial charge in [0.25, 0.3) is 11.8 Å². The summed E-state index contributed by atoms with van der Waals surface area (Å²) in [5, 5.41) is 1.25. The van der Waals surface area contributed by atoms with E-state index in [1.54, 1.807) is 24.3 Å². The first kappa shape index (κ1) is 27.2. The molecule has 2 amide bonds. The lowest BCUT2D eigenvalue weighted by molar-refractivity contribution is 0.0564. The minimum absolute atomic E-state index is 0.0265. The first-order valence-corrected chi connectivity index (χ1v) is 13.8. The van der Waals surface area contributed by atoms with E-state index >= 15 is 0 Å². The number of imide groups is 1. The third-order valence-corrected chi connectivity index (χ3v) is 7.45. The van der Waals surface area contributed by atoms with Crippen LogP contribution in [0.4, 0.5) is 11.6 Å². The molecule has 208 valence electrons. The summed E-state index contributed by atoms with van der Waals surface area (Å²) in [4.78, 5) is 54.7. The van der Waals surface area contributed by atoms with E-state index in [0.29, 0.717) is 16.6 Å². The lowest BCUT2D eigenvalue weighted by Gasteiger charge is -2.16. The molecule has 0 unspecified atom stereocenters. The smallest absolute Gasteiger partial charge is 0.276 e. The molecule has 11 heteroatoms. The first-order valence-electron chi connectivity index (χ1n) is 13.0. The number of hydrogen-bond acceptors (Lipinski definition) is 9. The van der Waals surface area contributed by atoms with Gasteiger partial charge in [0.2, 0.25) is 5.95 Å². The molecule has 0 saturated carbocycles. The molecule has 0 fully saturated rings. The number of benzene rings is 3. The number of rotatable bonds is 7. The topological polar surface area (TPSA) is 134 Å². The van der Waals surface area contributed by atoms with Crippen LogP contribution in [-0.4, -0.2) is 58.2 Å². The highest BCUT2D eigenvalue weighted by Crippen LogP contribution is 2.35. The molecule has 1 aliphatic heterocycles. The van der Waals surface area contributed by atoms with Gasteiger partial charge in [-0.3, -0.25) is 14.4 Å². The summed E-state index contributed by atoms with van der Waals surface area (Å²) in [6.45, 7) is -0.386. The van der Waals surface area contributed by atoms with E-state index in [4.69, 9.17) is 10.7 Å². The van der Waals surface area contributed by atoms with Gasteiger partial charge < -0.3 is 10.6 Å². The number of anilines is 2. The predicted molar refractivity (Wildman–Crippen MR) is 164 cm³/mol. The van der Waals surface area contributed by atoms with Crippen molar-refractivity contribution in [3.8, 4) is 22.4 Å². The average molecular weight is 622 g/mol. The number of Topliss-reactive ketones (excluding diaryl/α,β-unsaturated/α-hetero) is 1. The number of nitrogens with zero attached hydrogens (tertiary/aromatic N) is 5. The molecule has 3 heterocycles. The van der Waals surface area contributed by atoms with E-state index in [1.165, 1.54) is 0 Å². The number of pyridine rings is 1. The summed E-state index contributed by atoms with van der Waals surface area (Å²) in [6.07, 6.45) is 0. The number of hydrogen-bond donors (Lipinski definition) is 2. The van der Waals surface area contributed by atoms with E-state index < -0.39 is 17.6 Å². The predicted octanol–water partition coefficient (Wildman–Crippen LogP) is 4.75. The van der Waals surface area contributed by atoms with Crippen LogP contribution in [0.3, 0.4) is 0 Å². The Morgan fingerprint density at radius 3 is 2.19 bits per heavy atom. The van der Waals surface area contributed by atoms with Gasteiger partial charge in [-0.05, 0) is 53.6 Å². The zero-order chi connectivity index (χ0) is 29.5. The van der Waals surface area contributed by atoms with Crippen LogP contribution in [0, 0.1) is 0 Å². The number of nitrogen functional groups attached to an aromatic ring is 1. The maximum absolute atomic E-state index is 13.7. The maximum Gasteiger partial charge on any atom is 0.276 e. The zero-order valence-electron chi connectivity index (χ0n) is 22.6. The van der Waals surface area contributed by atoms with Crippen molar-refractivity contribution in [2.75, 3.05) is 31.3 Å². The van der Waals surface area contributed by atoms with Crippen molar-refractivity contribution in [3.05, 3.63) is 100 Å². The number of nitrogens with one attached hydrogen (secondary N) is 1. The van der Waals surface area contributed by atoms with Crippen LogP contribution < -0.4 is 16.1 Å². The van der Waals surface area contributed by atoms with Crippen molar-refractivity contribution in [2.24, 2.45) is 0 Å². The fourth-order valence-electron chi connectivity index (χ4n) is 4.88. The third kappa shape index (κ3) is 4.89. The molecule has 6 rings (SSSR count). The van der Waals surface area contributed by atoms with Gasteiger partial charge in [0, 0.05) is 29.8 Å². The Labute approximate surface area is 249 Å². The van der Waals surface area contributed by atoms with E-state index in [-0.39, 0.29) is 35.0 Å². The van der Waals surface area contributed by atoms with Gasteiger partial charge >= 0.3 is 0 Å². The Kier molecular flexibility index (Phi) is 6.97. The number of hydrazine groups is 1. The van der Waals surface area contributed by atoms with Crippen LogP contribution >= 0.6 is 15.9 Å². The van der Waals surface area contributed by atoms with E-state index in [1.807, 2.05) is 73.6 Å². The second-order valence-corrected chi connectivity index (χ2v) is 10.8. The van der Waals surface area contributed by atoms with Crippen molar-refractivity contribution < 1.29 is 14.4 Å². The minimum atomic E-state index is -0.531. The highest BCUT2D eigenvalue weighted by atomic mass is 79.9. The summed E-state index contributed by atoms with van der Waals surface area (Å²) in [5.74, 6) is -1.68. The minimum Gasteiger partial charge on any atom is -0.378 e. The van der Waals surface area contributed by atoms with Gasteiger partial charge in [-0.15, -0.1) is 0 Å². The third-order valence-electron chi connectivity index (χ3n) is 6.95. The molecule has 0 radical (unpaired) electrons. The normalized spacial score (nSPS) is 12.6. The van der Waals surface area contributed by atoms with Gasteiger partial charge in [-0.25, -0.2) is 20.4 Å². The molecule has 0 spiro atoms. The van der Waals surface area contributed by atoms with E-state index in [0.717, 1.165) is 26.3 Å². The van der Waals surface area contributed by atoms with Gasteiger partial charge in [-0.2, -0.15) is 4.98 Å². The number of nitrogens with two attached hydrogens (primary N) is 1. The molecule has 42 heavy (non-hydrogen) atoms. The van der Waals surface area contributed by atoms with E-state index in [2.05, 4.69) is 31.3 Å². The summed E-state index contributed by atoms with van der Waals surface area (Å²) in [6, 6.07) is 23.9. The van der Waals surface area contributed by atoms with Crippen LogP contribution in [0.2, 0.25) is 0 Å². The zero-order valence-corrected chi connectivity index (χ0v) is 24.2. The van der Waals surface area contributed by atoms with E-state index in [9.17, 15) is 14.4 Å². The molecule has 0 saturated heterocycles. The Bertz CT molecular complexity index is 1870. The number of carbonyl (C=O) groups excluding carboxylic acids is 3. The summed E-state index contributed by atoms with van der Waals surface area (Å²) >= 11 is 3.54. The van der Waals surface area contributed by atoms with Crippen LogP contribution in [0.1, 0.15) is 31.2 Å². The van der Waals surface area contributed by atoms with Crippen molar-refractivity contribution in [1.29, 1.82) is 0 Å². The Hall–Kier alpha value is -5.00. The van der Waals surface area contributed by atoms with Gasteiger partial charge in [-0.1, -0.05) is 52.3 Å². The summed E-state index contributed by atoms with van der Waals surface area (Å²) in [5.41, 5.74) is 13.6. The molecular weight excluding hydrogens is 598 g/mol. The first-order chi connectivity index (χ1) is 20.2. The number of aromatic nitrogens is 3. The second-order valence-electron chi connectivity index (χ2n) is 9.89. The van der Waals surface area contributed by atoms with Crippen molar-refractivity contribution in [2.45, 2.75) is 0 Å². The van der Waals surface area contributed by atoms with Crippen molar-refractivity contribution in [3.63, 3.8) is 0 Å². The Morgan fingerprint density at radius 2 is 1.55 bits per heavy atom. The van der Waals surface area contributed by atoms with Crippen LogP contribution in [0.25, 0.3) is 33.4 Å². The average Bonchev–Trinajstić information content (AvgIpc) is 3.23. The van der Waals surface area contributed by atoms with Crippen molar-refractivity contribution in [1.82, 2.24) is 25.4 Å². The number of ketones is 1. The molecule has 0 bridgehead atoms. The number of halogens is 1. The SMILES string of the molecule is CN(C)c1ccc(-c2cc(-c3cccc(Br)c3)c3c(C(=O)CNN4C(=O)c5ccccc5C4=O)nc(N)nc3n2)cc1. The molecule has 5 aromatic rings. The monoisotopic (exact) mass is 621 g/mol. The number of carbonyl (C=O) groups is 3. The molecule has 3 N–H and O–H groups in total.